The molecule has 92 valence electrons. The zero-order valence-electron chi connectivity index (χ0n) is 9.62. The average Bonchev–Trinajstić information content (AvgIpc) is 2.28. The van der Waals surface area contributed by atoms with Crippen LogP contribution in [0.3, 0.4) is 0 Å². The first kappa shape index (κ1) is 12.8. The van der Waals surface area contributed by atoms with Crippen molar-refractivity contribution in [1.82, 2.24) is 10.6 Å². The number of hydrogen-bond donors (Lipinski definition) is 4. The van der Waals surface area contributed by atoms with Gasteiger partial charge in [-0.15, -0.1) is 0 Å². The number of carbonyl (C=O) groups excluding carboxylic acids is 2. The molecule has 0 bridgehead atoms. The van der Waals surface area contributed by atoms with Gasteiger partial charge in [0.2, 0.25) is 5.91 Å². The first-order valence-electron chi connectivity index (χ1n) is 5.18. The minimum absolute atomic E-state index is 0.129. The van der Waals surface area contributed by atoms with Gasteiger partial charge in [0, 0.05) is 31.4 Å². The molecular weight excluding hydrogens is 220 g/mol. The largest absolute Gasteiger partial charge is 0.399 e. The van der Waals surface area contributed by atoms with Gasteiger partial charge >= 0.3 is 0 Å². The molecule has 1 aromatic carbocycles. The number of rotatable bonds is 4. The molecule has 6 heteroatoms. The van der Waals surface area contributed by atoms with E-state index in [0.717, 1.165) is 0 Å². The number of anilines is 2. The Morgan fingerprint density at radius 2 is 2.00 bits per heavy atom. The van der Waals surface area contributed by atoms with Crippen molar-refractivity contribution in [3.8, 4) is 0 Å². The van der Waals surface area contributed by atoms with Crippen LogP contribution in [0.4, 0.5) is 11.4 Å². The summed E-state index contributed by atoms with van der Waals surface area (Å²) in [5.74, 6) is -0.443. The highest BCUT2D eigenvalue weighted by atomic mass is 16.2. The molecule has 17 heavy (non-hydrogen) atoms. The SMILES string of the molecule is CNC(=O)CCNC(=O)c1ccc(N)cc1N. The van der Waals surface area contributed by atoms with Crippen LogP contribution in [0.2, 0.25) is 0 Å². The summed E-state index contributed by atoms with van der Waals surface area (Å²) in [7, 11) is 1.54. The molecule has 0 heterocycles. The van der Waals surface area contributed by atoms with E-state index >= 15 is 0 Å². The fraction of sp³-hybridized carbons (Fsp3) is 0.273. The second-order valence-electron chi connectivity index (χ2n) is 3.53. The van der Waals surface area contributed by atoms with Gasteiger partial charge in [-0.25, -0.2) is 0 Å². The van der Waals surface area contributed by atoms with Crippen molar-refractivity contribution in [3.63, 3.8) is 0 Å². The molecule has 0 atom stereocenters. The highest BCUT2D eigenvalue weighted by molar-refractivity contribution is 5.99. The number of carbonyl (C=O) groups is 2. The Balaban J connectivity index is 2.55. The first-order valence-corrected chi connectivity index (χ1v) is 5.18. The lowest BCUT2D eigenvalue weighted by atomic mass is 10.1. The van der Waals surface area contributed by atoms with Gasteiger partial charge in [0.25, 0.3) is 5.91 Å². The van der Waals surface area contributed by atoms with Gasteiger partial charge in [-0.1, -0.05) is 0 Å². The van der Waals surface area contributed by atoms with Crippen LogP contribution in [0.25, 0.3) is 0 Å². The van der Waals surface area contributed by atoms with Crippen LogP contribution < -0.4 is 22.1 Å². The summed E-state index contributed by atoms with van der Waals surface area (Å²) >= 11 is 0. The average molecular weight is 236 g/mol. The maximum atomic E-state index is 11.7. The van der Waals surface area contributed by atoms with Crippen molar-refractivity contribution in [2.24, 2.45) is 0 Å². The summed E-state index contributed by atoms with van der Waals surface area (Å²) < 4.78 is 0. The fourth-order valence-electron chi connectivity index (χ4n) is 1.30. The highest BCUT2D eigenvalue weighted by Crippen LogP contribution is 2.15. The fourth-order valence-corrected chi connectivity index (χ4v) is 1.30. The van der Waals surface area contributed by atoms with E-state index in [1.165, 1.54) is 6.07 Å². The van der Waals surface area contributed by atoms with Gasteiger partial charge in [0.15, 0.2) is 0 Å². The Labute approximate surface area is 99.4 Å². The van der Waals surface area contributed by atoms with E-state index < -0.39 is 0 Å². The summed E-state index contributed by atoms with van der Waals surface area (Å²) in [5, 5.41) is 5.07. The molecule has 0 aliphatic carbocycles. The van der Waals surface area contributed by atoms with Crippen molar-refractivity contribution < 1.29 is 9.59 Å². The Kier molecular flexibility index (Phi) is 4.33. The number of benzene rings is 1. The second kappa shape index (κ2) is 5.74. The lowest BCUT2D eigenvalue weighted by molar-refractivity contribution is -0.120. The van der Waals surface area contributed by atoms with Crippen LogP contribution in [0.1, 0.15) is 16.8 Å². The maximum Gasteiger partial charge on any atom is 0.253 e. The summed E-state index contributed by atoms with van der Waals surface area (Å²) in [6.45, 7) is 0.266. The van der Waals surface area contributed by atoms with Crippen molar-refractivity contribution in [2.45, 2.75) is 6.42 Å². The van der Waals surface area contributed by atoms with Gasteiger partial charge in [0.1, 0.15) is 0 Å². The van der Waals surface area contributed by atoms with Crippen LogP contribution >= 0.6 is 0 Å². The monoisotopic (exact) mass is 236 g/mol. The number of amides is 2. The van der Waals surface area contributed by atoms with Crippen LogP contribution in [0, 0.1) is 0 Å². The molecule has 0 spiro atoms. The van der Waals surface area contributed by atoms with Crippen molar-refractivity contribution in [1.29, 1.82) is 0 Å². The van der Waals surface area contributed by atoms with Crippen molar-refractivity contribution in [2.75, 3.05) is 25.1 Å². The zero-order chi connectivity index (χ0) is 12.8. The van der Waals surface area contributed by atoms with E-state index in [1.807, 2.05) is 0 Å². The Hall–Kier alpha value is -2.24. The van der Waals surface area contributed by atoms with Gasteiger partial charge in [-0.2, -0.15) is 0 Å². The van der Waals surface area contributed by atoms with Gasteiger partial charge < -0.3 is 22.1 Å². The van der Waals surface area contributed by atoms with E-state index in [9.17, 15) is 9.59 Å². The minimum atomic E-state index is -0.314. The predicted molar refractivity (Wildman–Crippen MR) is 66.3 cm³/mol. The van der Waals surface area contributed by atoms with Gasteiger partial charge in [0.05, 0.1) is 5.56 Å². The molecule has 6 nitrogen and oxygen atoms in total. The molecule has 0 aliphatic heterocycles. The number of nitrogens with one attached hydrogen (secondary N) is 2. The summed E-state index contributed by atoms with van der Waals surface area (Å²) in [4.78, 5) is 22.6. The summed E-state index contributed by atoms with van der Waals surface area (Å²) in [6.07, 6.45) is 0.233. The van der Waals surface area contributed by atoms with E-state index in [4.69, 9.17) is 11.5 Å². The molecular formula is C11H16N4O2. The molecule has 0 unspecified atom stereocenters. The Morgan fingerprint density at radius 1 is 1.29 bits per heavy atom. The minimum Gasteiger partial charge on any atom is -0.399 e. The topological polar surface area (TPSA) is 110 Å². The zero-order valence-corrected chi connectivity index (χ0v) is 9.62. The van der Waals surface area contributed by atoms with Crippen molar-refractivity contribution >= 4 is 23.2 Å². The number of nitrogens with two attached hydrogens (primary N) is 2. The third-order valence-electron chi connectivity index (χ3n) is 2.24. The molecule has 0 fully saturated rings. The molecule has 6 N–H and O–H groups in total. The first-order chi connectivity index (χ1) is 8.04. The smallest absolute Gasteiger partial charge is 0.253 e. The third kappa shape index (κ3) is 3.67. The molecule has 0 aliphatic rings. The number of nitrogen functional groups attached to an aromatic ring is 2. The van der Waals surface area contributed by atoms with E-state index in [2.05, 4.69) is 10.6 Å². The maximum absolute atomic E-state index is 11.7. The van der Waals surface area contributed by atoms with E-state index in [0.29, 0.717) is 16.9 Å². The van der Waals surface area contributed by atoms with Crippen LogP contribution in [0.5, 0.6) is 0 Å². The lowest BCUT2D eigenvalue weighted by Gasteiger charge is -2.07. The van der Waals surface area contributed by atoms with E-state index in [-0.39, 0.29) is 24.8 Å². The Bertz CT molecular complexity index is 431. The molecule has 2 amide bonds. The summed E-state index contributed by atoms with van der Waals surface area (Å²) in [5.41, 5.74) is 12.4. The second-order valence-corrected chi connectivity index (χ2v) is 3.53. The molecule has 0 aromatic heterocycles. The summed E-state index contributed by atoms with van der Waals surface area (Å²) in [6, 6.07) is 4.68. The van der Waals surface area contributed by atoms with E-state index in [1.54, 1.807) is 19.2 Å². The standard InChI is InChI=1S/C11H16N4O2/c1-14-10(16)4-5-15-11(17)8-3-2-7(12)6-9(8)13/h2-3,6H,4-5,12-13H2,1H3,(H,14,16)(H,15,17). The van der Waals surface area contributed by atoms with Crippen LogP contribution in [-0.4, -0.2) is 25.4 Å². The Morgan fingerprint density at radius 3 is 2.59 bits per heavy atom. The lowest BCUT2D eigenvalue weighted by Crippen LogP contribution is -2.29. The number of hydrogen-bond acceptors (Lipinski definition) is 4. The molecule has 0 saturated carbocycles. The van der Waals surface area contributed by atoms with Gasteiger partial charge in [-0.3, -0.25) is 9.59 Å². The predicted octanol–water partition coefficient (Wildman–Crippen LogP) is -0.283. The van der Waals surface area contributed by atoms with Crippen LogP contribution in [0.15, 0.2) is 18.2 Å². The molecule has 1 aromatic rings. The molecule has 1 rings (SSSR count). The van der Waals surface area contributed by atoms with Gasteiger partial charge in [-0.05, 0) is 18.2 Å². The van der Waals surface area contributed by atoms with Crippen molar-refractivity contribution in [3.05, 3.63) is 23.8 Å². The normalized spacial score (nSPS) is 9.71. The highest BCUT2D eigenvalue weighted by Gasteiger charge is 2.09. The molecule has 0 saturated heterocycles. The quantitative estimate of drug-likeness (QED) is 0.539. The van der Waals surface area contributed by atoms with Crippen LogP contribution in [-0.2, 0) is 4.79 Å². The molecule has 0 radical (unpaired) electrons. The third-order valence-corrected chi connectivity index (χ3v) is 2.24.